The van der Waals surface area contributed by atoms with Crippen LogP contribution in [0.3, 0.4) is 0 Å². The Morgan fingerprint density at radius 3 is 2.02 bits per heavy atom. The van der Waals surface area contributed by atoms with Crippen molar-refractivity contribution in [1.82, 2.24) is 10.6 Å². The number of benzene rings is 3. The summed E-state index contributed by atoms with van der Waals surface area (Å²) in [6, 6.07) is 21.9. The Bertz CT molecular complexity index is 1390. The number of ketones is 1. The van der Waals surface area contributed by atoms with Crippen LogP contribution in [0.4, 0.5) is 4.79 Å². The molecule has 1 aliphatic carbocycles. The highest BCUT2D eigenvalue weighted by Gasteiger charge is 2.29. The van der Waals surface area contributed by atoms with Crippen LogP contribution in [0, 0.1) is 11.8 Å². The fourth-order valence-corrected chi connectivity index (χ4v) is 5.37. The molecule has 0 spiro atoms. The van der Waals surface area contributed by atoms with Crippen LogP contribution >= 0.6 is 0 Å². The molecule has 0 bridgehead atoms. The minimum absolute atomic E-state index is 0.00686. The molecule has 8 nitrogen and oxygen atoms in total. The van der Waals surface area contributed by atoms with Crippen molar-refractivity contribution < 1.29 is 29.0 Å². The molecule has 1 unspecified atom stereocenters. The van der Waals surface area contributed by atoms with Crippen molar-refractivity contribution in [3.05, 3.63) is 95.1 Å². The lowest BCUT2D eigenvalue weighted by molar-refractivity contribution is -0.130. The second-order valence-electron chi connectivity index (χ2n) is 11.2. The Morgan fingerprint density at radius 2 is 1.45 bits per heavy atom. The minimum Gasteiger partial charge on any atom is -0.478 e. The summed E-state index contributed by atoms with van der Waals surface area (Å²) in [6.07, 6.45) is 0.720. The topological polar surface area (TPSA) is 122 Å². The largest absolute Gasteiger partial charge is 0.478 e. The summed E-state index contributed by atoms with van der Waals surface area (Å²) in [5, 5.41) is 14.7. The smallest absolute Gasteiger partial charge is 0.407 e. The first kappa shape index (κ1) is 30.5. The van der Waals surface area contributed by atoms with E-state index in [0.29, 0.717) is 24.9 Å². The normalized spacial score (nSPS) is 13.5. The molecule has 0 saturated heterocycles. The third-order valence-corrected chi connectivity index (χ3v) is 7.77. The monoisotopic (exact) mass is 570 g/mol. The van der Waals surface area contributed by atoms with Crippen molar-refractivity contribution in [3.8, 4) is 11.1 Å². The Hall–Kier alpha value is -4.46. The van der Waals surface area contributed by atoms with Gasteiger partial charge < -0.3 is 20.5 Å². The standard InChI is InChI=1S/C34H38N2O6/c1-21(2)31(30(37)19-23-14-16-24(17-15-23)33(39)40)36-32(38)22(3)9-8-18-35-34(41)42-20-29-27-12-6-4-10-25(27)26-11-5-7-13-28(26)29/h4-7,10-17,21-22,29,31H,8-9,18-20H2,1-3H3,(H,35,41)(H,36,38)(H,39,40)/t22-,31?/m1/s1. The molecule has 0 aliphatic heterocycles. The summed E-state index contributed by atoms with van der Waals surface area (Å²) in [4.78, 5) is 49.3. The maximum absolute atomic E-state index is 13.0. The number of carbonyl (C=O) groups is 4. The van der Waals surface area contributed by atoms with E-state index in [1.165, 1.54) is 23.3 Å². The van der Waals surface area contributed by atoms with E-state index < -0.39 is 18.1 Å². The molecule has 0 aromatic heterocycles. The molecule has 3 aromatic rings. The molecule has 4 rings (SSSR count). The Balaban J connectivity index is 1.19. The molecule has 8 heteroatoms. The van der Waals surface area contributed by atoms with E-state index in [9.17, 15) is 19.2 Å². The summed E-state index contributed by atoms with van der Waals surface area (Å²) in [5.74, 6) is -1.84. The molecule has 0 heterocycles. The molecular weight excluding hydrogens is 532 g/mol. The lowest BCUT2D eigenvalue weighted by Gasteiger charge is -2.23. The second kappa shape index (κ2) is 13.9. The van der Waals surface area contributed by atoms with Crippen LogP contribution in [0.15, 0.2) is 72.8 Å². The van der Waals surface area contributed by atoms with Gasteiger partial charge in [-0.3, -0.25) is 9.59 Å². The number of hydrogen-bond donors (Lipinski definition) is 3. The molecule has 220 valence electrons. The van der Waals surface area contributed by atoms with Gasteiger partial charge in [0, 0.05) is 24.8 Å². The van der Waals surface area contributed by atoms with Gasteiger partial charge in [0.1, 0.15) is 6.61 Å². The first-order valence-electron chi connectivity index (χ1n) is 14.4. The zero-order chi connectivity index (χ0) is 30.2. The van der Waals surface area contributed by atoms with E-state index >= 15 is 0 Å². The third-order valence-electron chi connectivity index (χ3n) is 7.77. The van der Waals surface area contributed by atoms with Crippen molar-refractivity contribution in [2.75, 3.05) is 13.2 Å². The number of carboxylic acid groups (broad SMARTS) is 1. The van der Waals surface area contributed by atoms with E-state index in [4.69, 9.17) is 9.84 Å². The van der Waals surface area contributed by atoms with Gasteiger partial charge in [-0.1, -0.05) is 81.4 Å². The average Bonchev–Trinajstić information content (AvgIpc) is 3.30. The Morgan fingerprint density at radius 1 is 0.857 bits per heavy atom. The van der Waals surface area contributed by atoms with Gasteiger partial charge in [0.15, 0.2) is 5.78 Å². The average molecular weight is 571 g/mol. The van der Waals surface area contributed by atoms with Gasteiger partial charge in [0.2, 0.25) is 5.91 Å². The molecule has 0 saturated carbocycles. The number of hydrogen-bond acceptors (Lipinski definition) is 5. The predicted molar refractivity (Wildman–Crippen MR) is 160 cm³/mol. The van der Waals surface area contributed by atoms with Crippen LogP contribution in [0.2, 0.25) is 0 Å². The summed E-state index contributed by atoms with van der Waals surface area (Å²) in [7, 11) is 0. The van der Waals surface area contributed by atoms with E-state index in [1.54, 1.807) is 19.1 Å². The highest BCUT2D eigenvalue weighted by Crippen LogP contribution is 2.44. The number of Topliss-reactive ketones (excluding diaryl/α,β-unsaturated/α-hetero) is 1. The first-order chi connectivity index (χ1) is 20.2. The number of carbonyl (C=O) groups excluding carboxylic acids is 3. The van der Waals surface area contributed by atoms with Gasteiger partial charge in [-0.05, 0) is 58.7 Å². The number of alkyl carbamates (subject to hydrolysis) is 1. The van der Waals surface area contributed by atoms with Gasteiger partial charge in [0.05, 0.1) is 11.6 Å². The Labute approximate surface area is 246 Å². The molecule has 3 N–H and O–H groups in total. The molecule has 2 atom stereocenters. The van der Waals surface area contributed by atoms with Gasteiger partial charge in [0.25, 0.3) is 0 Å². The zero-order valence-electron chi connectivity index (χ0n) is 24.3. The minimum atomic E-state index is -1.03. The quantitative estimate of drug-likeness (QED) is 0.230. The maximum Gasteiger partial charge on any atom is 0.407 e. The number of rotatable bonds is 13. The van der Waals surface area contributed by atoms with Crippen molar-refractivity contribution in [2.24, 2.45) is 11.8 Å². The Kier molecular flexibility index (Phi) is 10.1. The predicted octanol–water partition coefficient (Wildman–Crippen LogP) is 5.59. The number of nitrogens with one attached hydrogen (secondary N) is 2. The van der Waals surface area contributed by atoms with E-state index in [1.807, 2.05) is 38.1 Å². The lowest BCUT2D eigenvalue weighted by atomic mass is 9.93. The van der Waals surface area contributed by atoms with Gasteiger partial charge in [-0.25, -0.2) is 9.59 Å². The van der Waals surface area contributed by atoms with Gasteiger partial charge in [-0.15, -0.1) is 0 Å². The fraction of sp³-hybridized carbons (Fsp3) is 0.353. The highest BCUT2D eigenvalue weighted by atomic mass is 16.5. The van der Waals surface area contributed by atoms with E-state index in [2.05, 4.69) is 34.9 Å². The molecule has 2 amide bonds. The molecule has 0 radical (unpaired) electrons. The maximum atomic E-state index is 13.0. The summed E-state index contributed by atoms with van der Waals surface area (Å²) in [5.41, 5.74) is 5.50. The van der Waals surface area contributed by atoms with Gasteiger partial charge in [-0.2, -0.15) is 0 Å². The highest BCUT2D eigenvalue weighted by molar-refractivity contribution is 5.91. The van der Waals surface area contributed by atoms with Crippen LogP contribution in [-0.2, 0) is 20.7 Å². The van der Waals surface area contributed by atoms with Crippen LogP contribution in [0.1, 0.15) is 66.6 Å². The first-order valence-corrected chi connectivity index (χ1v) is 14.4. The molecular formula is C34H38N2O6. The molecule has 3 aromatic carbocycles. The van der Waals surface area contributed by atoms with Crippen LogP contribution < -0.4 is 10.6 Å². The van der Waals surface area contributed by atoms with Crippen molar-refractivity contribution in [1.29, 1.82) is 0 Å². The second-order valence-corrected chi connectivity index (χ2v) is 11.2. The number of ether oxygens (including phenoxy) is 1. The van der Waals surface area contributed by atoms with Crippen molar-refractivity contribution in [3.63, 3.8) is 0 Å². The molecule has 42 heavy (non-hydrogen) atoms. The summed E-state index contributed by atoms with van der Waals surface area (Å²) < 4.78 is 5.57. The number of carboxylic acids is 1. The van der Waals surface area contributed by atoms with E-state index in [0.717, 1.165) is 11.1 Å². The van der Waals surface area contributed by atoms with Crippen LogP contribution in [0.5, 0.6) is 0 Å². The summed E-state index contributed by atoms with van der Waals surface area (Å²) in [6.45, 7) is 6.16. The van der Waals surface area contributed by atoms with Crippen LogP contribution in [-0.4, -0.2) is 48.1 Å². The van der Waals surface area contributed by atoms with Crippen molar-refractivity contribution in [2.45, 2.75) is 52.0 Å². The van der Waals surface area contributed by atoms with Crippen molar-refractivity contribution >= 4 is 23.8 Å². The number of amides is 2. The number of fused-ring (bicyclic) bond motifs is 3. The zero-order valence-corrected chi connectivity index (χ0v) is 24.3. The summed E-state index contributed by atoms with van der Waals surface area (Å²) >= 11 is 0. The van der Waals surface area contributed by atoms with Crippen LogP contribution in [0.25, 0.3) is 11.1 Å². The lowest BCUT2D eigenvalue weighted by Crippen LogP contribution is -2.47. The SMILES string of the molecule is CC(C)C(NC(=O)[C@H](C)CCCNC(=O)OCC1c2ccccc2-c2ccccc21)C(=O)Cc1ccc(C(=O)O)cc1. The van der Waals surface area contributed by atoms with E-state index in [-0.39, 0.29) is 48.0 Å². The fourth-order valence-electron chi connectivity index (χ4n) is 5.37. The van der Waals surface area contributed by atoms with Gasteiger partial charge >= 0.3 is 12.1 Å². The third kappa shape index (κ3) is 7.43. The molecule has 0 fully saturated rings. The number of aromatic carboxylic acids is 1. The molecule has 1 aliphatic rings.